The Labute approximate surface area is 177 Å². The van der Waals surface area contributed by atoms with Crippen molar-refractivity contribution in [3.63, 3.8) is 0 Å². The Morgan fingerprint density at radius 1 is 0.931 bits per heavy atom. The van der Waals surface area contributed by atoms with E-state index in [1.165, 1.54) is 95.7 Å². The predicted octanol–water partition coefficient (Wildman–Crippen LogP) is 4.84. The summed E-state index contributed by atoms with van der Waals surface area (Å²) in [6.07, 6.45) is 20.4. The van der Waals surface area contributed by atoms with Gasteiger partial charge in [-0.2, -0.15) is 0 Å². The fraction of sp³-hybridized carbons (Fsp3) is 0.833. The standard InChI is InChI=1S/C24H41N5/c25-16-14-23-22(13-8-18-29(23)20-11-6-3-7-12-20)28-24-26-17-15-21(27-24)19-9-4-1-2-5-10-19/h15,17,19-20,22-23H,1-14,16,18,25H2,(H,26,27,28). The Morgan fingerprint density at radius 2 is 1.66 bits per heavy atom. The second kappa shape index (κ2) is 10.7. The molecule has 1 saturated heterocycles. The minimum absolute atomic E-state index is 0.415. The lowest BCUT2D eigenvalue weighted by Crippen LogP contribution is -2.56. The average molecular weight is 400 g/mol. The van der Waals surface area contributed by atoms with Crippen LogP contribution in [0.25, 0.3) is 0 Å². The van der Waals surface area contributed by atoms with Crippen LogP contribution in [0.2, 0.25) is 0 Å². The average Bonchev–Trinajstić information content (AvgIpc) is 3.06. The number of piperidine rings is 1. The van der Waals surface area contributed by atoms with Gasteiger partial charge in [0.15, 0.2) is 0 Å². The highest BCUT2D eigenvalue weighted by Crippen LogP contribution is 2.32. The molecule has 0 aromatic carbocycles. The summed E-state index contributed by atoms with van der Waals surface area (Å²) in [6, 6.07) is 3.83. The lowest BCUT2D eigenvalue weighted by atomic mass is 9.87. The SMILES string of the molecule is NCCC1C(Nc2nccc(C3CCCCCC3)n2)CCCN1C1CCCCC1. The summed E-state index contributed by atoms with van der Waals surface area (Å²) in [4.78, 5) is 12.4. The summed E-state index contributed by atoms with van der Waals surface area (Å²) in [5, 5.41) is 3.76. The molecular formula is C24H41N5. The number of aromatic nitrogens is 2. The van der Waals surface area contributed by atoms with Crippen LogP contribution in [0.15, 0.2) is 12.3 Å². The molecule has 3 aliphatic rings. The number of nitrogens with two attached hydrogens (primary N) is 1. The molecule has 162 valence electrons. The topological polar surface area (TPSA) is 67.1 Å². The summed E-state index contributed by atoms with van der Waals surface area (Å²) in [7, 11) is 0. The van der Waals surface area contributed by atoms with Crippen LogP contribution in [0.5, 0.6) is 0 Å². The zero-order valence-corrected chi connectivity index (χ0v) is 18.2. The molecule has 5 heteroatoms. The van der Waals surface area contributed by atoms with E-state index in [9.17, 15) is 0 Å². The van der Waals surface area contributed by atoms with Crippen molar-refractivity contribution in [2.24, 2.45) is 5.73 Å². The van der Waals surface area contributed by atoms with Gasteiger partial charge in [-0.15, -0.1) is 0 Å². The van der Waals surface area contributed by atoms with Crippen LogP contribution in [0.1, 0.15) is 102 Å². The summed E-state index contributed by atoms with van der Waals surface area (Å²) in [5.74, 6) is 1.45. The zero-order valence-electron chi connectivity index (χ0n) is 18.2. The Morgan fingerprint density at radius 3 is 2.41 bits per heavy atom. The van der Waals surface area contributed by atoms with E-state index >= 15 is 0 Å². The van der Waals surface area contributed by atoms with Crippen LogP contribution in [0.4, 0.5) is 5.95 Å². The van der Waals surface area contributed by atoms with E-state index in [2.05, 4.69) is 21.3 Å². The molecule has 3 N–H and O–H groups in total. The lowest BCUT2D eigenvalue weighted by molar-refractivity contribution is 0.0609. The molecule has 5 nitrogen and oxygen atoms in total. The van der Waals surface area contributed by atoms with Crippen molar-refractivity contribution in [3.8, 4) is 0 Å². The van der Waals surface area contributed by atoms with Crippen LogP contribution in [-0.2, 0) is 0 Å². The first kappa shape index (κ1) is 21.0. The van der Waals surface area contributed by atoms with E-state index in [1.54, 1.807) is 0 Å². The molecule has 4 rings (SSSR count). The smallest absolute Gasteiger partial charge is 0.223 e. The first-order valence-electron chi connectivity index (χ1n) is 12.4. The van der Waals surface area contributed by atoms with Crippen molar-refractivity contribution < 1.29 is 0 Å². The lowest BCUT2D eigenvalue weighted by Gasteiger charge is -2.46. The fourth-order valence-corrected chi connectivity index (χ4v) is 6.07. The Bertz CT molecular complexity index is 607. The fourth-order valence-electron chi connectivity index (χ4n) is 6.07. The van der Waals surface area contributed by atoms with Crippen LogP contribution in [0.3, 0.4) is 0 Å². The number of hydrogen-bond donors (Lipinski definition) is 2. The summed E-state index contributed by atoms with van der Waals surface area (Å²) in [5.41, 5.74) is 7.31. The van der Waals surface area contributed by atoms with E-state index in [0.717, 1.165) is 25.0 Å². The molecule has 0 radical (unpaired) electrons. The van der Waals surface area contributed by atoms with E-state index in [1.807, 2.05) is 6.20 Å². The molecule has 1 aliphatic heterocycles. The molecule has 1 aromatic heterocycles. The summed E-state index contributed by atoms with van der Waals surface area (Å²) >= 11 is 0. The Kier molecular flexibility index (Phi) is 7.78. The molecule has 2 aliphatic carbocycles. The number of rotatable bonds is 6. The molecule has 2 unspecified atom stereocenters. The van der Waals surface area contributed by atoms with Gasteiger partial charge in [-0.3, -0.25) is 4.90 Å². The van der Waals surface area contributed by atoms with E-state index in [4.69, 9.17) is 10.7 Å². The van der Waals surface area contributed by atoms with Crippen molar-refractivity contribution in [2.45, 2.75) is 114 Å². The number of anilines is 1. The number of likely N-dealkylation sites (tertiary alicyclic amines) is 1. The summed E-state index contributed by atoms with van der Waals surface area (Å²) < 4.78 is 0. The van der Waals surface area contributed by atoms with E-state index in [-0.39, 0.29) is 0 Å². The van der Waals surface area contributed by atoms with Gasteiger partial charge in [0, 0.05) is 35.9 Å². The molecule has 3 fully saturated rings. The van der Waals surface area contributed by atoms with Crippen molar-refractivity contribution in [1.82, 2.24) is 14.9 Å². The van der Waals surface area contributed by atoms with Gasteiger partial charge < -0.3 is 11.1 Å². The van der Waals surface area contributed by atoms with Crippen LogP contribution in [-0.4, -0.2) is 46.1 Å². The van der Waals surface area contributed by atoms with Crippen LogP contribution >= 0.6 is 0 Å². The van der Waals surface area contributed by atoms with E-state index in [0.29, 0.717) is 18.0 Å². The van der Waals surface area contributed by atoms with Crippen LogP contribution in [0, 0.1) is 0 Å². The number of nitrogens with zero attached hydrogens (tertiary/aromatic N) is 3. The maximum Gasteiger partial charge on any atom is 0.223 e. The molecule has 2 heterocycles. The first-order valence-corrected chi connectivity index (χ1v) is 12.4. The Balaban J connectivity index is 1.45. The third-order valence-corrected chi connectivity index (χ3v) is 7.59. The molecule has 2 saturated carbocycles. The Hall–Kier alpha value is -1.20. The second-order valence-corrected chi connectivity index (χ2v) is 9.56. The maximum atomic E-state index is 6.06. The van der Waals surface area contributed by atoms with Crippen molar-refractivity contribution >= 4 is 5.95 Å². The largest absolute Gasteiger partial charge is 0.350 e. The van der Waals surface area contributed by atoms with Gasteiger partial charge in [0.2, 0.25) is 5.95 Å². The van der Waals surface area contributed by atoms with Gasteiger partial charge >= 0.3 is 0 Å². The highest BCUT2D eigenvalue weighted by Gasteiger charge is 2.35. The van der Waals surface area contributed by atoms with Crippen molar-refractivity contribution in [3.05, 3.63) is 18.0 Å². The maximum absolute atomic E-state index is 6.06. The molecule has 29 heavy (non-hydrogen) atoms. The number of hydrogen-bond acceptors (Lipinski definition) is 5. The van der Waals surface area contributed by atoms with Gasteiger partial charge in [0.25, 0.3) is 0 Å². The van der Waals surface area contributed by atoms with Gasteiger partial charge in [-0.1, -0.05) is 44.9 Å². The quantitative estimate of drug-likeness (QED) is 0.670. The van der Waals surface area contributed by atoms with Crippen molar-refractivity contribution in [2.75, 3.05) is 18.4 Å². The summed E-state index contributed by atoms with van der Waals surface area (Å²) in [6.45, 7) is 1.99. The highest BCUT2D eigenvalue weighted by atomic mass is 15.2. The number of nitrogens with one attached hydrogen (secondary N) is 1. The molecule has 0 amide bonds. The monoisotopic (exact) mass is 399 g/mol. The molecular weight excluding hydrogens is 358 g/mol. The highest BCUT2D eigenvalue weighted by molar-refractivity contribution is 5.29. The first-order chi connectivity index (χ1) is 14.3. The molecule has 0 spiro atoms. The molecule has 2 atom stereocenters. The van der Waals surface area contributed by atoms with Gasteiger partial charge in [-0.05, 0) is 64.1 Å². The van der Waals surface area contributed by atoms with Gasteiger partial charge in [-0.25, -0.2) is 9.97 Å². The zero-order chi connectivity index (χ0) is 19.9. The van der Waals surface area contributed by atoms with Crippen molar-refractivity contribution in [1.29, 1.82) is 0 Å². The minimum atomic E-state index is 0.415. The van der Waals surface area contributed by atoms with Crippen LogP contribution < -0.4 is 11.1 Å². The third kappa shape index (κ3) is 5.49. The predicted molar refractivity (Wildman–Crippen MR) is 120 cm³/mol. The third-order valence-electron chi connectivity index (χ3n) is 7.59. The van der Waals surface area contributed by atoms with E-state index < -0.39 is 0 Å². The molecule has 1 aromatic rings. The minimum Gasteiger partial charge on any atom is -0.350 e. The molecule has 0 bridgehead atoms. The normalized spacial score (nSPS) is 28.2. The second-order valence-electron chi connectivity index (χ2n) is 9.56. The van der Waals surface area contributed by atoms with Gasteiger partial charge in [0.05, 0.1) is 0 Å². The van der Waals surface area contributed by atoms with Gasteiger partial charge in [0.1, 0.15) is 0 Å².